The third kappa shape index (κ3) is 7.93. The number of anilines is 2. The van der Waals surface area contributed by atoms with Crippen LogP contribution in [0.25, 0.3) is 0 Å². The molecule has 35 heavy (non-hydrogen) atoms. The molecule has 0 unspecified atom stereocenters. The number of aryl methyl sites for hydroxylation is 1. The lowest BCUT2D eigenvalue weighted by Crippen LogP contribution is -2.42. The van der Waals surface area contributed by atoms with Crippen LogP contribution in [0.15, 0.2) is 41.3 Å². The van der Waals surface area contributed by atoms with Crippen molar-refractivity contribution < 1.29 is 18.0 Å². The number of nitrogens with two attached hydrogens (primary N) is 1. The standard InChI is InChI=1S/C22H31N7O5S/c1-15(31)29(17(14-30)9-6-12-26-22(23)24)19-13-27-21(32)20(28-35(33,34)25-2)18(19)11-10-16-7-4-3-5-8-16/h3-5,7-8,13-14,17,25,28H,6,9-12H2,1-2H3,(H,27,32)(H4,23,24,26)/t17-/m0/s1. The van der Waals surface area contributed by atoms with Crippen molar-refractivity contribution in [2.24, 2.45) is 5.73 Å². The predicted molar refractivity (Wildman–Crippen MR) is 135 cm³/mol. The largest absolute Gasteiger partial charge is 0.370 e. The molecule has 1 amide bonds. The van der Waals surface area contributed by atoms with Crippen molar-refractivity contribution >= 4 is 39.7 Å². The van der Waals surface area contributed by atoms with E-state index in [1.165, 1.54) is 25.1 Å². The van der Waals surface area contributed by atoms with Gasteiger partial charge in [-0.3, -0.25) is 19.7 Å². The first-order chi connectivity index (χ1) is 16.6. The number of aromatic amines is 1. The van der Waals surface area contributed by atoms with Gasteiger partial charge in [0.25, 0.3) is 15.8 Å². The Hall–Kier alpha value is -3.71. The van der Waals surface area contributed by atoms with Gasteiger partial charge in [0.2, 0.25) is 5.91 Å². The molecule has 0 aliphatic heterocycles. The molecule has 1 atom stereocenters. The van der Waals surface area contributed by atoms with Crippen LogP contribution in [0.5, 0.6) is 0 Å². The summed E-state index contributed by atoms with van der Waals surface area (Å²) in [5.74, 6) is -0.668. The number of hydrogen-bond donors (Lipinski definition) is 6. The Kier molecular flexibility index (Phi) is 9.97. The zero-order valence-corrected chi connectivity index (χ0v) is 20.4. The lowest BCUT2D eigenvalue weighted by atomic mass is 10.0. The molecular formula is C22H31N7O5S. The molecule has 0 aliphatic carbocycles. The Bertz CT molecular complexity index is 1200. The summed E-state index contributed by atoms with van der Waals surface area (Å²) in [5, 5.41) is 9.87. The molecule has 2 aromatic rings. The van der Waals surface area contributed by atoms with E-state index >= 15 is 0 Å². The van der Waals surface area contributed by atoms with Crippen molar-refractivity contribution in [3.8, 4) is 0 Å². The molecule has 0 bridgehead atoms. The minimum atomic E-state index is -4.05. The molecule has 0 fully saturated rings. The van der Waals surface area contributed by atoms with Gasteiger partial charge in [-0.25, -0.2) is 4.72 Å². The van der Waals surface area contributed by atoms with Gasteiger partial charge in [-0.1, -0.05) is 30.3 Å². The molecule has 0 saturated heterocycles. The van der Waals surface area contributed by atoms with Crippen molar-refractivity contribution in [3.63, 3.8) is 0 Å². The van der Waals surface area contributed by atoms with E-state index in [0.717, 1.165) is 5.56 Å². The average Bonchev–Trinajstić information content (AvgIpc) is 2.82. The summed E-state index contributed by atoms with van der Waals surface area (Å²) in [7, 11) is -2.85. The Labute approximate surface area is 204 Å². The second-order valence-electron chi connectivity index (χ2n) is 7.73. The summed E-state index contributed by atoms with van der Waals surface area (Å²) < 4.78 is 28.8. The van der Waals surface area contributed by atoms with E-state index in [1.54, 1.807) is 0 Å². The van der Waals surface area contributed by atoms with Crippen molar-refractivity contribution in [2.45, 2.75) is 38.6 Å². The lowest BCUT2D eigenvalue weighted by molar-refractivity contribution is -0.119. The Morgan fingerprint density at radius 2 is 1.94 bits per heavy atom. The maximum Gasteiger partial charge on any atom is 0.299 e. The molecule has 1 aromatic carbocycles. The van der Waals surface area contributed by atoms with Crippen molar-refractivity contribution in [2.75, 3.05) is 23.2 Å². The minimum Gasteiger partial charge on any atom is -0.370 e. The maximum atomic E-state index is 12.7. The number of carbonyl (C=O) groups is 2. The normalized spacial score (nSPS) is 11.9. The monoisotopic (exact) mass is 505 g/mol. The van der Waals surface area contributed by atoms with Crippen LogP contribution in [-0.2, 0) is 32.6 Å². The summed E-state index contributed by atoms with van der Waals surface area (Å²) in [6.07, 6.45) is 3.27. The van der Waals surface area contributed by atoms with Crippen LogP contribution < -0.4 is 31.0 Å². The number of rotatable bonds is 13. The van der Waals surface area contributed by atoms with E-state index in [-0.39, 0.29) is 35.7 Å². The highest BCUT2D eigenvalue weighted by Gasteiger charge is 2.27. The summed E-state index contributed by atoms with van der Waals surface area (Å²) in [4.78, 5) is 41.1. The van der Waals surface area contributed by atoms with Crippen LogP contribution in [0.1, 0.15) is 30.9 Å². The van der Waals surface area contributed by atoms with Crippen molar-refractivity contribution in [1.82, 2.24) is 15.0 Å². The average molecular weight is 506 g/mol. The summed E-state index contributed by atoms with van der Waals surface area (Å²) in [6, 6.07) is 8.47. The number of guanidine groups is 1. The maximum absolute atomic E-state index is 12.7. The van der Waals surface area contributed by atoms with Gasteiger partial charge in [0.1, 0.15) is 12.0 Å². The summed E-state index contributed by atoms with van der Waals surface area (Å²) in [6.45, 7) is 1.61. The number of hydrogen-bond acceptors (Lipinski definition) is 6. The van der Waals surface area contributed by atoms with Crippen molar-refractivity contribution in [1.29, 1.82) is 5.41 Å². The van der Waals surface area contributed by atoms with Crippen LogP contribution in [0, 0.1) is 5.41 Å². The van der Waals surface area contributed by atoms with E-state index in [1.807, 2.05) is 30.3 Å². The predicted octanol–water partition coefficient (Wildman–Crippen LogP) is 0.220. The van der Waals surface area contributed by atoms with E-state index < -0.39 is 27.7 Å². The zero-order chi connectivity index (χ0) is 26.0. The molecule has 190 valence electrons. The van der Waals surface area contributed by atoms with Gasteiger partial charge >= 0.3 is 0 Å². The first-order valence-electron chi connectivity index (χ1n) is 10.9. The number of pyridine rings is 1. The number of nitrogens with one attached hydrogen (secondary N) is 5. The fraction of sp³-hybridized carbons (Fsp3) is 0.364. The fourth-order valence-corrected chi connectivity index (χ4v) is 4.19. The van der Waals surface area contributed by atoms with Crippen LogP contribution in [-0.4, -0.2) is 51.2 Å². The van der Waals surface area contributed by atoms with Gasteiger partial charge in [-0.2, -0.15) is 8.42 Å². The molecule has 1 aromatic heterocycles. The van der Waals surface area contributed by atoms with Crippen LogP contribution in [0.4, 0.5) is 11.4 Å². The molecule has 13 heteroatoms. The Morgan fingerprint density at radius 1 is 1.26 bits per heavy atom. The quantitative estimate of drug-likeness (QED) is 0.0970. The molecule has 1 heterocycles. The number of H-pyrrole nitrogens is 1. The molecule has 0 radical (unpaired) electrons. The second kappa shape index (κ2) is 12.7. The Balaban J connectivity index is 2.54. The van der Waals surface area contributed by atoms with Crippen LogP contribution in [0.3, 0.4) is 0 Å². The van der Waals surface area contributed by atoms with Gasteiger partial charge in [0, 0.05) is 32.3 Å². The first kappa shape index (κ1) is 27.5. The van der Waals surface area contributed by atoms with E-state index in [0.29, 0.717) is 25.7 Å². The smallest absolute Gasteiger partial charge is 0.299 e. The van der Waals surface area contributed by atoms with Crippen LogP contribution in [0.2, 0.25) is 0 Å². The molecule has 0 saturated carbocycles. The number of aromatic nitrogens is 1. The third-order valence-electron chi connectivity index (χ3n) is 5.27. The molecule has 2 rings (SSSR count). The molecule has 7 N–H and O–H groups in total. The number of benzene rings is 1. The van der Waals surface area contributed by atoms with Gasteiger partial charge in [-0.15, -0.1) is 0 Å². The number of carbonyl (C=O) groups excluding carboxylic acids is 2. The minimum absolute atomic E-state index is 0.207. The molecule has 12 nitrogen and oxygen atoms in total. The second-order valence-corrected chi connectivity index (χ2v) is 9.35. The zero-order valence-electron chi connectivity index (χ0n) is 19.6. The number of amides is 1. The Morgan fingerprint density at radius 3 is 2.51 bits per heavy atom. The molecular weight excluding hydrogens is 474 g/mol. The molecule has 0 aliphatic rings. The highest BCUT2D eigenvalue weighted by atomic mass is 32.2. The summed E-state index contributed by atoms with van der Waals surface area (Å²) >= 11 is 0. The topological polar surface area (TPSA) is 190 Å². The fourth-order valence-electron chi connectivity index (χ4n) is 3.61. The van der Waals surface area contributed by atoms with Gasteiger partial charge < -0.3 is 25.7 Å². The lowest BCUT2D eigenvalue weighted by Gasteiger charge is -2.30. The van der Waals surface area contributed by atoms with Crippen LogP contribution >= 0.6 is 0 Å². The highest BCUT2D eigenvalue weighted by Crippen LogP contribution is 2.29. The highest BCUT2D eigenvalue weighted by molar-refractivity contribution is 7.90. The van der Waals surface area contributed by atoms with Gasteiger partial charge in [0.05, 0.1) is 11.7 Å². The molecule has 0 spiro atoms. The van der Waals surface area contributed by atoms with Gasteiger partial charge in [-0.05, 0) is 31.2 Å². The first-order valence-corrected chi connectivity index (χ1v) is 12.4. The van der Waals surface area contributed by atoms with Crippen molar-refractivity contribution in [3.05, 3.63) is 58.0 Å². The number of aldehydes is 1. The van der Waals surface area contributed by atoms with E-state index in [4.69, 9.17) is 11.1 Å². The number of nitrogens with zero attached hydrogens (tertiary/aromatic N) is 1. The third-order valence-corrected chi connectivity index (χ3v) is 6.28. The van der Waals surface area contributed by atoms with E-state index in [2.05, 4.69) is 19.7 Å². The SMILES string of the molecule is CNS(=O)(=O)Nc1c(CCc2ccccc2)c(N(C(C)=O)[C@H](C=O)CCCNC(=N)N)c[nH]c1=O. The van der Waals surface area contributed by atoms with E-state index in [9.17, 15) is 22.8 Å². The van der Waals surface area contributed by atoms with Gasteiger partial charge in [0.15, 0.2) is 5.96 Å². The summed E-state index contributed by atoms with van der Waals surface area (Å²) in [5.41, 5.74) is 5.80.